The predicted molar refractivity (Wildman–Crippen MR) is 180 cm³/mol. The molecule has 1 aromatic heterocycles. The molecule has 2 aliphatic heterocycles. The number of nitrogens with zero attached hydrogens (tertiary/aromatic N) is 1. The maximum Gasteiger partial charge on any atom is 0.494 e. The van der Waals surface area contributed by atoms with Crippen LogP contribution in [0, 0.1) is 0 Å². The van der Waals surface area contributed by atoms with Crippen molar-refractivity contribution in [3.63, 3.8) is 0 Å². The molecule has 0 N–H and O–H groups in total. The van der Waals surface area contributed by atoms with Gasteiger partial charge in [-0.15, -0.1) is 0 Å². The predicted octanol–water partition coefficient (Wildman–Crippen LogP) is 8.67. The zero-order chi connectivity index (χ0) is 30.6. The first kappa shape index (κ1) is 26.7. The van der Waals surface area contributed by atoms with E-state index >= 15 is 0 Å². The van der Waals surface area contributed by atoms with Crippen LogP contribution in [0.3, 0.4) is 0 Å². The zero-order valence-corrected chi connectivity index (χ0v) is 25.8. The van der Waals surface area contributed by atoms with E-state index in [2.05, 4.69) is 137 Å². The van der Waals surface area contributed by atoms with Gasteiger partial charge in [-0.1, -0.05) is 91.0 Å². The van der Waals surface area contributed by atoms with Gasteiger partial charge in [-0.2, -0.15) is 0 Å². The van der Waals surface area contributed by atoms with Crippen molar-refractivity contribution in [2.45, 2.75) is 44.3 Å². The van der Waals surface area contributed by atoms with E-state index in [1.165, 1.54) is 22.3 Å². The van der Waals surface area contributed by atoms with Gasteiger partial charge in [0.25, 0.3) is 0 Å². The van der Waals surface area contributed by atoms with Crippen molar-refractivity contribution < 1.29 is 14.0 Å². The van der Waals surface area contributed by atoms with E-state index in [9.17, 15) is 0 Å². The standard InChI is InChI=1S/C40H32BNO3/c1-38(2)39(3,4)45-41(44-38)27-19-21-36-34(24-27)40(31-16-7-5-13-29(31)30-14-6-8-17-32(30)40)33-23-26(18-20-35(33)43-36)28-15-9-11-25-12-10-22-42-37(25)28/h5-24H,1-4H3. The Morgan fingerprint density at radius 2 is 1.16 bits per heavy atom. The minimum absolute atomic E-state index is 0.442. The molecule has 1 saturated heterocycles. The molecule has 0 atom stereocenters. The highest BCUT2D eigenvalue weighted by atomic mass is 16.7. The summed E-state index contributed by atoms with van der Waals surface area (Å²) >= 11 is 0. The normalized spacial score (nSPS) is 17.8. The fourth-order valence-corrected chi connectivity index (χ4v) is 7.55. The van der Waals surface area contributed by atoms with Gasteiger partial charge in [0.1, 0.15) is 11.5 Å². The lowest BCUT2D eigenvalue weighted by Gasteiger charge is -2.40. The van der Waals surface area contributed by atoms with E-state index in [0.717, 1.165) is 50.1 Å². The van der Waals surface area contributed by atoms with Crippen molar-refractivity contribution in [1.29, 1.82) is 0 Å². The highest BCUT2D eigenvalue weighted by molar-refractivity contribution is 6.62. The fraction of sp³-hybridized carbons (Fsp3) is 0.175. The summed E-state index contributed by atoms with van der Waals surface area (Å²) in [5.74, 6) is 1.70. The summed E-state index contributed by atoms with van der Waals surface area (Å²) in [4.78, 5) is 4.79. The first-order chi connectivity index (χ1) is 21.8. The lowest BCUT2D eigenvalue weighted by Crippen LogP contribution is -2.41. The molecule has 0 bridgehead atoms. The second-order valence-corrected chi connectivity index (χ2v) is 13.4. The fourth-order valence-electron chi connectivity index (χ4n) is 7.55. The van der Waals surface area contributed by atoms with Crippen LogP contribution in [0.4, 0.5) is 0 Å². The van der Waals surface area contributed by atoms with Crippen LogP contribution in [0.2, 0.25) is 0 Å². The average Bonchev–Trinajstić information content (AvgIpc) is 3.47. The number of benzene rings is 5. The van der Waals surface area contributed by atoms with Gasteiger partial charge >= 0.3 is 7.12 Å². The number of rotatable bonds is 2. The molecule has 3 heterocycles. The maximum atomic E-state index is 6.77. The molecular weight excluding hydrogens is 553 g/mol. The lowest BCUT2D eigenvalue weighted by molar-refractivity contribution is 0.00578. The van der Waals surface area contributed by atoms with Crippen molar-refractivity contribution >= 4 is 23.5 Å². The molecule has 6 aromatic rings. The number of para-hydroxylation sites is 1. The molecule has 218 valence electrons. The largest absolute Gasteiger partial charge is 0.494 e. The minimum atomic E-state index is -0.607. The van der Waals surface area contributed by atoms with E-state index < -0.39 is 23.7 Å². The van der Waals surface area contributed by atoms with Gasteiger partial charge in [-0.25, -0.2) is 0 Å². The number of fused-ring (bicyclic) bond motifs is 10. The van der Waals surface area contributed by atoms with Crippen LogP contribution in [-0.2, 0) is 14.7 Å². The Kier molecular flexibility index (Phi) is 5.43. The molecule has 5 aromatic carbocycles. The quantitative estimate of drug-likeness (QED) is 0.190. The third kappa shape index (κ3) is 3.60. The number of hydrogen-bond acceptors (Lipinski definition) is 4. The maximum absolute atomic E-state index is 6.77. The molecule has 0 amide bonds. The number of aromatic nitrogens is 1. The van der Waals surface area contributed by atoms with Crippen molar-refractivity contribution in [3.05, 3.63) is 144 Å². The molecule has 45 heavy (non-hydrogen) atoms. The molecule has 1 spiro atoms. The van der Waals surface area contributed by atoms with Crippen LogP contribution in [-0.4, -0.2) is 23.3 Å². The van der Waals surface area contributed by atoms with Gasteiger partial charge < -0.3 is 14.0 Å². The van der Waals surface area contributed by atoms with E-state index in [1.807, 2.05) is 12.3 Å². The Balaban J connectivity index is 1.34. The first-order valence-electron chi connectivity index (χ1n) is 15.6. The van der Waals surface area contributed by atoms with E-state index in [-0.39, 0.29) is 0 Å². The number of ether oxygens (including phenoxy) is 1. The second-order valence-electron chi connectivity index (χ2n) is 13.4. The Hall–Kier alpha value is -4.71. The number of pyridine rings is 1. The third-order valence-electron chi connectivity index (χ3n) is 10.4. The summed E-state index contributed by atoms with van der Waals surface area (Å²) in [6.45, 7) is 8.39. The summed E-state index contributed by atoms with van der Waals surface area (Å²) in [7, 11) is -0.487. The molecule has 1 fully saturated rings. The molecule has 9 rings (SSSR count). The lowest BCUT2D eigenvalue weighted by atomic mass is 9.64. The van der Waals surface area contributed by atoms with Crippen LogP contribution < -0.4 is 10.2 Å². The van der Waals surface area contributed by atoms with E-state index in [1.54, 1.807) is 0 Å². The second kappa shape index (κ2) is 9.16. The molecule has 1 aliphatic carbocycles. The molecule has 0 unspecified atom stereocenters. The zero-order valence-electron chi connectivity index (χ0n) is 25.8. The van der Waals surface area contributed by atoms with Crippen LogP contribution in [0.5, 0.6) is 11.5 Å². The van der Waals surface area contributed by atoms with Crippen LogP contribution in [0.25, 0.3) is 33.2 Å². The van der Waals surface area contributed by atoms with Gasteiger partial charge in [-0.05, 0) is 85.2 Å². The van der Waals surface area contributed by atoms with Crippen LogP contribution in [0.1, 0.15) is 49.9 Å². The van der Waals surface area contributed by atoms with Crippen LogP contribution in [0.15, 0.2) is 121 Å². The van der Waals surface area contributed by atoms with Gasteiger partial charge in [0.05, 0.1) is 22.1 Å². The summed E-state index contributed by atoms with van der Waals surface area (Å²) in [6, 6.07) is 41.1. The Labute approximate surface area is 263 Å². The van der Waals surface area contributed by atoms with Crippen molar-refractivity contribution in [3.8, 4) is 33.8 Å². The van der Waals surface area contributed by atoms with Crippen molar-refractivity contribution in [2.75, 3.05) is 0 Å². The molecule has 5 heteroatoms. The topological polar surface area (TPSA) is 40.6 Å². The molecule has 0 saturated carbocycles. The Morgan fingerprint density at radius 1 is 0.556 bits per heavy atom. The molecular formula is C40H32BNO3. The highest BCUT2D eigenvalue weighted by Crippen LogP contribution is 2.62. The monoisotopic (exact) mass is 585 g/mol. The van der Waals surface area contributed by atoms with E-state index in [4.69, 9.17) is 19.0 Å². The minimum Gasteiger partial charge on any atom is -0.457 e. The summed E-state index contributed by atoms with van der Waals surface area (Å²) < 4.78 is 19.9. The SMILES string of the molecule is CC1(C)OB(c2ccc3c(c2)C2(c4cc(-c5cccc6cccnc56)ccc4O3)c3ccccc3-c3ccccc32)OC1(C)C. The van der Waals surface area contributed by atoms with Crippen molar-refractivity contribution in [1.82, 2.24) is 4.98 Å². The van der Waals surface area contributed by atoms with E-state index in [0.29, 0.717) is 0 Å². The van der Waals surface area contributed by atoms with Gasteiger partial charge in [-0.3, -0.25) is 4.98 Å². The van der Waals surface area contributed by atoms with Gasteiger partial charge in [0, 0.05) is 28.3 Å². The Morgan fingerprint density at radius 3 is 1.87 bits per heavy atom. The first-order valence-corrected chi connectivity index (χ1v) is 15.6. The summed E-state index contributed by atoms with van der Waals surface area (Å²) in [5.41, 5.74) is 9.86. The smallest absolute Gasteiger partial charge is 0.457 e. The number of hydrogen-bond donors (Lipinski definition) is 0. The summed E-state index contributed by atoms with van der Waals surface area (Å²) in [6.07, 6.45) is 1.87. The molecule has 3 aliphatic rings. The van der Waals surface area contributed by atoms with Gasteiger partial charge in [0.15, 0.2) is 0 Å². The summed E-state index contributed by atoms with van der Waals surface area (Å²) in [5, 5.41) is 1.12. The highest BCUT2D eigenvalue weighted by Gasteiger charge is 2.54. The average molecular weight is 586 g/mol. The van der Waals surface area contributed by atoms with Crippen LogP contribution >= 0.6 is 0 Å². The molecule has 4 nitrogen and oxygen atoms in total. The molecule has 0 radical (unpaired) electrons. The third-order valence-corrected chi connectivity index (χ3v) is 10.4. The Bertz CT molecular complexity index is 2120. The van der Waals surface area contributed by atoms with Gasteiger partial charge in [0.2, 0.25) is 0 Å². The van der Waals surface area contributed by atoms with Crippen molar-refractivity contribution in [2.24, 2.45) is 0 Å².